The number of hydrogen-bond acceptors (Lipinski definition) is 4. The molecule has 0 atom stereocenters. The molecule has 0 heterocycles. The van der Waals surface area contributed by atoms with E-state index in [1.165, 1.54) is 0 Å². The highest BCUT2D eigenvalue weighted by Gasteiger charge is 2.08. The first kappa shape index (κ1) is 14.8. The number of ether oxygens (including phenoxy) is 2. The van der Waals surface area contributed by atoms with Crippen molar-refractivity contribution in [2.75, 3.05) is 33.9 Å². The smallest absolute Gasteiger partial charge is 0.122 e. The van der Waals surface area contributed by atoms with Gasteiger partial charge in [-0.2, -0.15) is 0 Å². The summed E-state index contributed by atoms with van der Waals surface area (Å²) < 4.78 is 10.7. The highest BCUT2D eigenvalue weighted by Crippen LogP contribution is 2.28. The van der Waals surface area contributed by atoms with Crippen LogP contribution in [0.25, 0.3) is 0 Å². The Hall–Kier alpha value is -1.26. The maximum absolute atomic E-state index is 8.69. The van der Waals surface area contributed by atoms with Crippen molar-refractivity contribution in [3.05, 3.63) is 23.3 Å². The van der Waals surface area contributed by atoms with E-state index in [1.54, 1.807) is 14.2 Å². The zero-order chi connectivity index (χ0) is 13.4. The molecule has 0 fully saturated rings. The Morgan fingerprint density at radius 1 is 1.11 bits per heavy atom. The summed E-state index contributed by atoms with van der Waals surface area (Å²) in [4.78, 5) is 0. The van der Waals surface area contributed by atoms with Gasteiger partial charge >= 0.3 is 0 Å². The van der Waals surface area contributed by atoms with Crippen LogP contribution in [0, 0.1) is 6.92 Å². The lowest BCUT2D eigenvalue weighted by molar-refractivity contribution is 0.286. The Morgan fingerprint density at radius 2 is 1.83 bits per heavy atom. The lowest BCUT2D eigenvalue weighted by Gasteiger charge is -2.13. The molecule has 4 heteroatoms. The average molecular weight is 253 g/mol. The standard InChI is InChI=1S/C14H23NO3/c1-11-9-14(18-3)12(10-13(11)17-2)5-7-15-6-4-8-16/h9-10,15-16H,4-8H2,1-3H3. The minimum Gasteiger partial charge on any atom is -0.496 e. The monoisotopic (exact) mass is 253 g/mol. The quantitative estimate of drug-likeness (QED) is 0.690. The van der Waals surface area contributed by atoms with Crippen LogP contribution in [0.15, 0.2) is 12.1 Å². The van der Waals surface area contributed by atoms with E-state index in [-0.39, 0.29) is 6.61 Å². The zero-order valence-corrected chi connectivity index (χ0v) is 11.5. The van der Waals surface area contributed by atoms with E-state index in [1.807, 2.05) is 19.1 Å². The molecule has 0 spiro atoms. The predicted molar refractivity (Wildman–Crippen MR) is 72.6 cm³/mol. The summed E-state index contributed by atoms with van der Waals surface area (Å²) >= 11 is 0. The minimum atomic E-state index is 0.231. The zero-order valence-electron chi connectivity index (χ0n) is 11.5. The van der Waals surface area contributed by atoms with E-state index < -0.39 is 0 Å². The van der Waals surface area contributed by atoms with E-state index in [0.29, 0.717) is 0 Å². The van der Waals surface area contributed by atoms with Crippen LogP contribution in [0.5, 0.6) is 11.5 Å². The molecule has 18 heavy (non-hydrogen) atoms. The van der Waals surface area contributed by atoms with Crippen LogP contribution in [-0.2, 0) is 6.42 Å². The second-order valence-corrected chi connectivity index (χ2v) is 4.21. The summed E-state index contributed by atoms with van der Waals surface area (Å²) in [5.41, 5.74) is 2.21. The number of rotatable bonds is 8. The first-order valence-electron chi connectivity index (χ1n) is 6.26. The molecule has 0 saturated heterocycles. The fourth-order valence-corrected chi connectivity index (χ4v) is 1.86. The van der Waals surface area contributed by atoms with Gasteiger partial charge in [-0.1, -0.05) is 0 Å². The van der Waals surface area contributed by atoms with E-state index in [9.17, 15) is 0 Å². The van der Waals surface area contributed by atoms with Gasteiger partial charge in [0.1, 0.15) is 11.5 Å². The topological polar surface area (TPSA) is 50.7 Å². The number of aliphatic hydroxyl groups excluding tert-OH is 1. The molecule has 0 unspecified atom stereocenters. The Labute approximate surface area is 109 Å². The number of benzene rings is 1. The Kier molecular flexibility index (Phi) is 6.54. The lowest BCUT2D eigenvalue weighted by atomic mass is 10.1. The molecule has 1 aromatic rings. The molecule has 0 amide bonds. The SMILES string of the molecule is COc1cc(CCNCCCO)c(OC)cc1C. The van der Waals surface area contributed by atoms with E-state index in [2.05, 4.69) is 5.32 Å². The maximum atomic E-state index is 8.69. The fourth-order valence-electron chi connectivity index (χ4n) is 1.86. The molecular weight excluding hydrogens is 230 g/mol. The number of aryl methyl sites for hydroxylation is 1. The van der Waals surface area contributed by atoms with Crippen LogP contribution in [0.2, 0.25) is 0 Å². The van der Waals surface area contributed by atoms with Crippen LogP contribution in [0.4, 0.5) is 0 Å². The van der Waals surface area contributed by atoms with Crippen LogP contribution < -0.4 is 14.8 Å². The van der Waals surface area contributed by atoms with Crippen LogP contribution >= 0.6 is 0 Å². The highest BCUT2D eigenvalue weighted by atomic mass is 16.5. The van der Waals surface area contributed by atoms with Crippen molar-refractivity contribution in [2.24, 2.45) is 0 Å². The van der Waals surface area contributed by atoms with Crippen molar-refractivity contribution in [1.82, 2.24) is 5.32 Å². The minimum absolute atomic E-state index is 0.231. The molecular formula is C14H23NO3. The molecule has 0 aliphatic heterocycles. The molecule has 0 aliphatic rings. The third-order valence-electron chi connectivity index (χ3n) is 2.88. The normalized spacial score (nSPS) is 10.4. The van der Waals surface area contributed by atoms with Gasteiger partial charge < -0.3 is 19.9 Å². The number of aliphatic hydroxyl groups is 1. The van der Waals surface area contributed by atoms with Gasteiger partial charge in [-0.25, -0.2) is 0 Å². The Bertz CT molecular complexity index is 366. The lowest BCUT2D eigenvalue weighted by Crippen LogP contribution is -2.19. The van der Waals surface area contributed by atoms with Crippen molar-refractivity contribution in [3.63, 3.8) is 0 Å². The molecule has 0 bridgehead atoms. The molecule has 102 valence electrons. The van der Waals surface area contributed by atoms with Gasteiger partial charge in [-0.15, -0.1) is 0 Å². The summed E-state index contributed by atoms with van der Waals surface area (Å²) in [7, 11) is 3.36. The molecule has 0 radical (unpaired) electrons. The third kappa shape index (κ3) is 4.20. The van der Waals surface area contributed by atoms with Gasteiger partial charge in [-0.3, -0.25) is 0 Å². The van der Waals surface area contributed by atoms with Gasteiger partial charge in [0, 0.05) is 6.61 Å². The van der Waals surface area contributed by atoms with Crippen molar-refractivity contribution in [2.45, 2.75) is 19.8 Å². The number of methoxy groups -OCH3 is 2. The summed E-state index contributed by atoms with van der Waals surface area (Å²) in [6.07, 6.45) is 1.67. The Morgan fingerprint density at radius 3 is 2.44 bits per heavy atom. The van der Waals surface area contributed by atoms with E-state index >= 15 is 0 Å². The molecule has 2 N–H and O–H groups in total. The molecule has 4 nitrogen and oxygen atoms in total. The number of hydrogen-bond donors (Lipinski definition) is 2. The summed E-state index contributed by atoms with van der Waals surface area (Å²) in [6, 6.07) is 4.03. The van der Waals surface area contributed by atoms with Gasteiger partial charge in [0.25, 0.3) is 0 Å². The van der Waals surface area contributed by atoms with Crippen molar-refractivity contribution in [3.8, 4) is 11.5 Å². The highest BCUT2D eigenvalue weighted by molar-refractivity contribution is 5.46. The van der Waals surface area contributed by atoms with Gasteiger partial charge in [-0.05, 0) is 56.1 Å². The van der Waals surface area contributed by atoms with E-state index in [4.69, 9.17) is 14.6 Å². The third-order valence-corrected chi connectivity index (χ3v) is 2.88. The maximum Gasteiger partial charge on any atom is 0.122 e. The predicted octanol–water partition coefficient (Wildman–Crippen LogP) is 1.53. The van der Waals surface area contributed by atoms with Gasteiger partial charge in [0.15, 0.2) is 0 Å². The molecule has 0 aliphatic carbocycles. The first-order chi connectivity index (χ1) is 8.72. The van der Waals surface area contributed by atoms with Gasteiger partial charge in [0.05, 0.1) is 14.2 Å². The van der Waals surface area contributed by atoms with Crippen molar-refractivity contribution < 1.29 is 14.6 Å². The molecule has 1 rings (SSSR count). The Balaban J connectivity index is 2.62. The van der Waals surface area contributed by atoms with Crippen LogP contribution in [-0.4, -0.2) is 39.0 Å². The summed E-state index contributed by atoms with van der Waals surface area (Å²) in [5, 5.41) is 12.0. The summed E-state index contributed by atoms with van der Waals surface area (Å²) in [5.74, 6) is 1.79. The number of nitrogens with one attached hydrogen (secondary N) is 1. The molecule has 0 aromatic heterocycles. The van der Waals surface area contributed by atoms with Crippen molar-refractivity contribution in [1.29, 1.82) is 0 Å². The second-order valence-electron chi connectivity index (χ2n) is 4.21. The van der Waals surface area contributed by atoms with Gasteiger partial charge in [0.2, 0.25) is 0 Å². The second kappa shape index (κ2) is 7.95. The fraction of sp³-hybridized carbons (Fsp3) is 0.571. The van der Waals surface area contributed by atoms with Crippen LogP contribution in [0.3, 0.4) is 0 Å². The molecule has 1 aromatic carbocycles. The molecule has 0 saturated carbocycles. The summed E-state index contributed by atoms with van der Waals surface area (Å²) in [6.45, 7) is 3.93. The largest absolute Gasteiger partial charge is 0.496 e. The van der Waals surface area contributed by atoms with Crippen molar-refractivity contribution >= 4 is 0 Å². The van der Waals surface area contributed by atoms with E-state index in [0.717, 1.165) is 48.6 Å². The average Bonchev–Trinajstić information content (AvgIpc) is 2.39. The van der Waals surface area contributed by atoms with Crippen LogP contribution in [0.1, 0.15) is 17.5 Å². The first-order valence-corrected chi connectivity index (χ1v) is 6.26.